The van der Waals surface area contributed by atoms with E-state index in [0.29, 0.717) is 16.3 Å². The van der Waals surface area contributed by atoms with E-state index in [9.17, 15) is 15.0 Å². The third kappa shape index (κ3) is 3.48. The first-order valence-electron chi connectivity index (χ1n) is 6.21. The van der Waals surface area contributed by atoms with Crippen LogP contribution in [-0.4, -0.2) is 29.4 Å². The number of phenols is 2. The van der Waals surface area contributed by atoms with Gasteiger partial charge in [0, 0.05) is 10.6 Å². The first-order valence-corrected chi connectivity index (χ1v) is 6.58. The maximum atomic E-state index is 11.9. The number of carbonyl (C=O) groups is 1. The van der Waals surface area contributed by atoms with E-state index in [1.54, 1.807) is 18.2 Å². The van der Waals surface area contributed by atoms with Crippen molar-refractivity contribution in [2.45, 2.75) is 0 Å². The van der Waals surface area contributed by atoms with Crippen LogP contribution in [0.1, 0.15) is 15.9 Å². The number of hydrogen-bond donors (Lipinski definition) is 3. The van der Waals surface area contributed by atoms with Gasteiger partial charge in [-0.3, -0.25) is 4.79 Å². The van der Waals surface area contributed by atoms with Gasteiger partial charge >= 0.3 is 0 Å². The second-order valence-electron chi connectivity index (χ2n) is 4.26. The van der Waals surface area contributed by atoms with Gasteiger partial charge in [-0.15, -0.1) is 0 Å². The van der Waals surface area contributed by atoms with E-state index in [1.165, 1.54) is 31.5 Å². The highest BCUT2D eigenvalue weighted by Gasteiger charge is 2.11. The van der Waals surface area contributed by atoms with E-state index in [2.05, 4.69) is 10.5 Å². The van der Waals surface area contributed by atoms with Gasteiger partial charge in [-0.05, 0) is 30.3 Å². The number of hydrazone groups is 1. The predicted octanol–water partition coefficient (Wildman–Crippen LogP) is 2.52. The molecule has 0 fully saturated rings. The molecule has 0 atom stereocenters. The zero-order valence-electron chi connectivity index (χ0n) is 11.6. The van der Waals surface area contributed by atoms with Gasteiger partial charge in [0.1, 0.15) is 5.75 Å². The molecule has 0 aliphatic rings. The summed E-state index contributed by atoms with van der Waals surface area (Å²) >= 11 is 5.77. The summed E-state index contributed by atoms with van der Waals surface area (Å²) in [5.41, 5.74) is 2.61. The molecule has 0 aliphatic carbocycles. The molecule has 2 rings (SSSR count). The number of nitrogens with one attached hydrogen (secondary N) is 1. The Hall–Kier alpha value is -2.73. The fourth-order valence-corrected chi connectivity index (χ4v) is 1.89. The van der Waals surface area contributed by atoms with Gasteiger partial charge in [-0.2, -0.15) is 5.10 Å². The van der Waals surface area contributed by atoms with E-state index in [0.717, 1.165) is 0 Å². The number of benzene rings is 2. The maximum absolute atomic E-state index is 11.9. The molecule has 0 radical (unpaired) electrons. The highest BCUT2D eigenvalue weighted by molar-refractivity contribution is 6.31. The van der Waals surface area contributed by atoms with E-state index in [1.807, 2.05) is 0 Å². The van der Waals surface area contributed by atoms with Crippen LogP contribution in [0, 0.1) is 0 Å². The lowest BCUT2D eigenvalue weighted by Crippen LogP contribution is -2.17. The lowest BCUT2D eigenvalue weighted by molar-refractivity contribution is 0.0952. The number of phenolic OH excluding ortho intramolecular Hbond substituents is 2. The number of rotatable bonds is 4. The third-order valence-corrected chi connectivity index (χ3v) is 3.06. The fraction of sp³-hybridized carbons (Fsp3) is 0.0667. The van der Waals surface area contributed by atoms with E-state index in [4.69, 9.17) is 16.3 Å². The number of aromatic hydroxyl groups is 2. The molecule has 2 aromatic carbocycles. The molecule has 22 heavy (non-hydrogen) atoms. The quantitative estimate of drug-likeness (QED) is 0.596. The minimum atomic E-state index is -0.626. The molecule has 1 amide bonds. The van der Waals surface area contributed by atoms with Crippen molar-refractivity contribution >= 4 is 23.7 Å². The van der Waals surface area contributed by atoms with Gasteiger partial charge in [-0.25, -0.2) is 5.43 Å². The summed E-state index contributed by atoms with van der Waals surface area (Å²) in [5.74, 6) is -0.628. The second kappa shape index (κ2) is 6.82. The number of ether oxygens (including phenoxy) is 1. The van der Waals surface area contributed by atoms with Gasteiger partial charge in [0.05, 0.1) is 18.9 Å². The molecule has 0 aliphatic heterocycles. The average molecular weight is 321 g/mol. The van der Waals surface area contributed by atoms with Crippen LogP contribution in [0.5, 0.6) is 17.2 Å². The van der Waals surface area contributed by atoms with Crippen molar-refractivity contribution in [2.75, 3.05) is 7.11 Å². The summed E-state index contributed by atoms with van der Waals surface area (Å²) < 4.78 is 4.96. The van der Waals surface area contributed by atoms with Crippen LogP contribution in [0.3, 0.4) is 0 Å². The summed E-state index contributed by atoms with van der Waals surface area (Å²) in [6.45, 7) is 0. The summed E-state index contributed by atoms with van der Waals surface area (Å²) in [4.78, 5) is 11.9. The molecule has 2 aromatic rings. The Balaban J connectivity index is 2.12. The largest absolute Gasteiger partial charge is 0.507 e. The molecule has 3 N–H and O–H groups in total. The Morgan fingerprint density at radius 1 is 1.32 bits per heavy atom. The number of hydrogen-bond acceptors (Lipinski definition) is 5. The first kappa shape index (κ1) is 15.7. The van der Waals surface area contributed by atoms with Crippen LogP contribution in [0.15, 0.2) is 41.5 Å². The van der Waals surface area contributed by atoms with Crippen molar-refractivity contribution in [2.24, 2.45) is 5.10 Å². The molecule has 0 heterocycles. The molecule has 6 nitrogen and oxygen atoms in total. The monoisotopic (exact) mass is 320 g/mol. The molecule has 0 aromatic heterocycles. The molecule has 0 saturated carbocycles. The number of carbonyl (C=O) groups excluding carboxylic acids is 1. The molecule has 114 valence electrons. The van der Waals surface area contributed by atoms with Gasteiger partial charge in [0.15, 0.2) is 11.5 Å². The minimum absolute atomic E-state index is 0.000450. The summed E-state index contributed by atoms with van der Waals surface area (Å²) in [5, 5.41) is 23.5. The Bertz CT molecular complexity index is 731. The summed E-state index contributed by atoms with van der Waals surface area (Å²) in [7, 11) is 1.43. The fourth-order valence-electron chi connectivity index (χ4n) is 1.72. The van der Waals surface area contributed by atoms with E-state index < -0.39 is 5.91 Å². The molecule has 0 spiro atoms. The first-order chi connectivity index (χ1) is 10.5. The zero-order chi connectivity index (χ0) is 16.1. The smallest absolute Gasteiger partial charge is 0.275 e. The van der Waals surface area contributed by atoms with Crippen LogP contribution >= 0.6 is 11.6 Å². The van der Waals surface area contributed by atoms with Gasteiger partial charge in [0.2, 0.25) is 0 Å². The molecular weight excluding hydrogens is 308 g/mol. The van der Waals surface area contributed by atoms with Crippen molar-refractivity contribution < 1.29 is 19.7 Å². The molecule has 0 unspecified atom stereocenters. The van der Waals surface area contributed by atoms with Crippen molar-refractivity contribution in [3.63, 3.8) is 0 Å². The molecular formula is C15H13ClN2O4. The van der Waals surface area contributed by atoms with Crippen LogP contribution in [0.2, 0.25) is 5.02 Å². The SMILES string of the molecule is COc1cccc(/C=N\NC(=O)c2cc(Cl)ccc2O)c1O. The normalized spacial score (nSPS) is 10.6. The minimum Gasteiger partial charge on any atom is -0.507 e. The summed E-state index contributed by atoms with van der Waals surface area (Å²) in [6, 6.07) is 8.97. The van der Waals surface area contributed by atoms with E-state index in [-0.39, 0.29) is 17.1 Å². The van der Waals surface area contributed by atoms with Crippen LogP contribution in [-0.2, 0) is 0 Å². The number of nitrogens with zero attached hydrogens (tertiary/aromatic N) is 1. The Labute approximate surface area is 131 Å². The molecule has 0 saturated heterocycles. The van der Waals surface area contributed by atoms with E-state index >= 15 is 0 Å². The zero-order valence-corrected chi connectivity index (χ0v) is 12.3. The van der Waals surface area contributed by atoms with Crippen LogP contribution in [0.25, 0.3) is 0 Å². The second-order valence-corrected chi connectivity index (χ2v) is 4.70. The van der Waals surface area contributed by atoms with Crippen molar-refractivity contribution in [1.82, 2.24) is 5.43 Å². The maximum Gasteiger partial charge on any atom is 0.275 e. The summed E-state index contributed by atoms with van der Waals surface area (Å²) in [6.07, 6.45) is 1.26. The third-order valence-electron chi connectivity index (χ3n) is 2.82. The number of para-hydroxylation sites is 1. The van der Waals surface area contributed by atoms with Gasteiger partial charge in [0.25, 0.3) is 5.91 Å². The van der Waals surface area contributed by atoms with Gasteiger partial charge < -0.3 is 14.9 Å². The highest BCUT2D eigenvalue weighted by Crippen LogP contribution is 2.28. The lowest BCUT2D eigenvalue weighted by atomic mass is 10.2. The Morgan fingerprint density at radius 2 is 2.09 bits per heavy atom. The average Bonchev–Trinajstić information content (AvgIpc) is 2.51. The van der Waals surface area contributed by atoms with Crippen molar-refractivity contribution in [3.05, 3.63) is 52.5 Å². The molecule has 0 bridgehead atoms. The van der Waals surface area contributed by atoms with Crippen molar-refractivity contribution in [3.8, 4) is 17.2 Å². The molecule has 7 heteroatoms. The number of methoxy groups -OCH3 is 1. The van der Waals surface area contributed by atoms with Crippen molar-refractivity contribution in [1.29, 1.82) is 0 Å². The number of amides is 1. The highest BCUT2D eigenvalue weighted by atomic mass is 35.5. The Morgan fingerprint density at radius 3 is 2.82 bits per heavy atom. The van der Waals surface area contributed by atoms with Crippen LogP contribution in [0.4, 0.5) is 0 Å². The standard InChI is InChI=1S/C15H13ClN2O4/c1-22-13-4-2-3-9(14(13)20)8-17-18-15(21)11-7-10(16)5-6-12(11)19/h2-8,19-20H,1H3,(H,18,21)/b17-8-. The topological polar surface area (TPSA) is 91.2 Å². The predicted molar refractivity (Wildman–Crippen MR) is 82.8 cm³/mol. The number of halogens is 1. The van der Waals surface area contributed by atoms with Crippen LogP contribution < -0.4 is 10.2 Å². The van der Waals surface area contributed by atoms with Gasteiger partial charge in [-0.1, -0.05) is 17.7 Å². The Kier molecular flexibility index (Phi) is 4.85. The lowest BCUT2D eigenvalue weighted by Gasteiger charge is -2.05.